The van der Waals surface area contributed by atoms with Crippen LogP contribution in [0.3, 0.4) is 0 Å². The van der Waals surface area contributed by atoms with E-state index in [-0.39, 0.29) is 12.3 Å². The third-order valence-corrected chi connectivity index (χ3v) is 1.94. The molecular weight excluding hydrogens is 184 g/mol. The number of benzene rings is 1. The Kier molecular flexibility index (Phi) is 1.94. The Morgan fingerprint density at radius 3 is 3.00 bits per heavy atom. The number of nitrogens with two attached hydrogens (primary N) is 1. The average molecular weight is 192 g/mol. The summed E-state index contributed by atoms with van der Waals surface area (Å²) in [6.07, 6.45) is 0. The van der Waals surface area contributed by atoms with Crippen LogP contribution in [0.4, 0.5) is 0 Å². The van der Waals surface area contributed by atoms with Crippen molar-refractivity contribution in [3.63, 3.8) is 0 Å². The number of nitrogens with one attached hydrogen (secondary N) is 1. The Hall–Kier alpha value is -1.88. The van der Waals surface area contributed by atoms with Gasteiger partial charge in [-0.05, 0) is 12.1 Å². The van der Waals surface area contributed by atoms with Gasteiger partial charge >= 0.3 is 5.76 Å². The fourth-order valence-corrected chi connectivity index (χ4v) is 1.31. The smallest absolute Gasteiger partial charge is 0.408 e. The molecule has 1 heterocycles. The molecule has 0 amide bonds. The molecule has 1 aromatic heterocycles. The highest BCUT2D eigenvalue weighted by Crippen LogP contribution is 2.14. The van der Waals surface area contributed by atoms with Gasteiger partial charge in [0.2, 0.25) is 0 Å². The molecule has 0 aliphatic rings. The van der Waals surface area contributed by atoms with Gasteiger partial charge in [-0.2, -0.15) is 0 Å². The maximum atomic E-state index is 11.3. The second kappa shape index (κ2) is 3.12. The van der Waals surface area contributed by atoms with Crippen LogP contribution >= 0.6 is 0 Å². The lowest BCUT2D eigenvalue weighted by Crippen LogP contribution is -2.14. The van der Waals surface area contributed by atoms with Gasteiger partial charge in [-0.1, -0.05) is 6.07 Å². The number of aromatic nitrogens is 1. The maximum absolute atomic E-state index is 11.3. The molecule has 0 saturated heterocycles. The standard InChI is InChI=1S/C9H8N2O3/c10-4-6(12)5-2-1-3-7-8(5)11-9(13)14-7/h1-3H,4,10H2,(H,11,13). The van der Waals surface area contributed by atoms with Crippen molar-refractivity contribution < 1.29 is 9.21 Å². The summed E-state index contributed by atoms with van der Waals surface area (Å²) < 4.78 is 4.80. The molecule has 0 aliphatic heterocycles. The van der Waals surface area contributed by atoms with Crippen molar-refractivity contribution in [2.75, 3.05) is 6.54 Å². The number of hydrogen-bond acceptors (Lipinski definition) is 4. The Morgan fingerprint density at radius 2 is 2.29 bits per heavy atom. The number of para-hydroxylation sites is 1. The number of Topliss-reactive ketones (excluding diaryl/α,β-unsaturated/α-hetero) is 1. The summed E-state index contributed by atoms with van der Waals surface area (Å²) >= 11 is 0. The van der Waals surface area contributed by atoms with Crippen molar-refractivity contribution >= 4 is 16.9 Å². The quantitative estimate of drug-likeness (QED) is 0.668. The van der Waals surface area contributed by atoms with Crippen molar-refractivity contribution in [2.24, 2.45) is 5.73 Å². The molecule has 0 unspecified atom stereocenters. The van der Waals surface area contributed by atoms with Crippen LogP contribution in [-0.4, -0.2) is 17.3 Å². The molecule has 2 rings (SSSR count). The number of carbonyl (C=O) groups excluding carboxylic acids is 1. The van der Waals surface area contributed by atoms with Gasteiger partial charge in [0.1, 0.15) is 0 Å². The van der Waals surface area contributed by atoms with E-state index in [1.54, 1.807) is 18.2 Å². The van der Waals surface area contributed by atoms with Crippen LogP contribution < -0.4 is 11.5 Å². The zero-order valence-electron chi connectivity index (χ0n) is 7.24. The van der Waals surface area contributed by atoms with Crippen LogP contribution in [0.2, 0.25) is 0 Å². The number of aromatic amines is 1. The van der Waals surface area contributed by atoms with Crippen molar-refractivity contribution in [1.82, 2.24) is 4.98 Å². The molecule has 0 bridgehead atoms. The minimum Gasteiger partial charge on any atom is -0.408 e. The number of oxazole rings is 1. The first kappa shape index (κ1) is 8.71. The highest BCUT2D eigenvalue weighted by Gasteiger charge is 2.11. The van der Waals surface area contributed by atoms with E-state index in [0.29, 0.717) is 16.7 Å². The number of carbonyl (C=O) groups is 1. The van der Waals surface area contributed by atoms with Crippen molar-refractivity contribution in [1.29, 1.82) is 0 Å². The fourth-order valence-electron chi connectivity index (χ4n) is 1.31. The normalized spacial score (nSPS) is 10.6. The van der Waals surface area contributed by atoms with Crippen LogP contribution in [0.1, 0.15) is 10.4 Å². The van der Waals surface area contributed by atoms with Crippen LogP contribution in [0.15, 0.2) is 27.4 Å². The molecule has 14 heavy (non-hydrogen) atoms. The maximum Gasteiger partial charge on any atom is 0.417 e. The molecule has 1 aromatic carbocycles. The molecule has 5 heteroatoms. The van der Waals surface area contributed by atoms with Gasteiger partial charge in [0, 0.05) is 5.56 Å². The van der Waals surface area contributed by atoms with Gasteiger partial charge in [-0.3, -0.25) is 9.78 Å². The largest absolute Gasteiger partial charge is 0.417 e. The first-order valence-corrected chi connectivity index (χ1v) is 4.07. The summed E-state index contributed by atoms with van der Waals surface area (Å²) in [6, 6.07) is 4.85. The third-order valence-electron chi connectivity index (χ3n) is 1.94. The summed E-state index contributed by atoms with van der Waals surface area (Å²) in [4.78, 5) is 24.7. The minimum atomic E-state index is -0.572. The van der Waals surface area contributed by atoms with E-state index in [1.807, 2.05) is 0 Å². The number of rotatable bonds is 2. The van der Waals surface area contributed by atoms with Crippen LogP contribution in [0.25, 0.3) is 11.1 Å². The molecule has 0 atom stereocenters. The van der Waals surface area contributed by atoms with E-state index < -0.39 is 5.76 Å². The van der Waals surface area contributed by atoms with Gasteiger partial charge in [0.25, 0.3) is 0 Å². The molecule has 5 nitrogen and oxygen atoms in total. The summed E-state index contributed by atoms with van der Waals surface area (Å²) in [5.41, 5.74) is 6.39. The predicted molar refractivity (Wildman–Crippen MR) is 50.2 cm³/mol. The molecule has 0 fully saturated rings. The van der Waals surface area contributed by atoms with E-state index >= 15 is 0 Å². The molecule has 0 spiro atoms. The fraction of sp³-hybridized carbons (Fsp3) is 0.111. The summed E-state index contributed by atoms with van der Waals surface area (Å²) in [5.74, 6) is -0.801. The van der Waals surface area contributed by atoms with Crippen LogP contribution in [0, 0.1) is 0 Å². The minimum absolute atomic E-state index is 0.0909. The second-order valence-electron chi connectivity index (χ2n) is 2.82. The third kappa shape index (κ3) is 1.23. The Morgan fingerprint density at radius 1 is 1.50 bits per heavy atom. The summed E-state index contributed by atoms with van der Waals surface area (Å²) in [5, 5.41) is 0. The average Bonchev–Trinajstić information content (AvgIpc) is 2.56. The lowest BCUT2D eigenvalue weighted by atomic mass is 10.1. The molecule has 3 N–H and O–H groups in total. The predicted octanol–water partition coefficient (Wildman–Crippen LogP) is 0.262. The topological polar surface area (TPSA) is 89.1 Å². The molecule has 2 aromatic rings. The molecular formula is C9H8N2O3. The number of H-pyrrole nitrogens is 1. The van der Waals surface area contributed by atoms with Crippen molar-refractivity contribution in [3.8, 4) is 0 Å². The van der Waals surface area contributed by atoms with E-state index in [2.05, 4.69) is 4.98 Å². The SMILES string of the molecule is NCC(=O)c1cccc2oc(=O)[nH]c12. The Labute approximate surface area is 78.5 Å². The molecule has 0 saturated carbocycles. The highest BCUT2D eigenvalue weighted by atomic mass is 16.4. The molecule has 72 valence electrons. The van der Waals surface area contributed by atoms with Crippen molar-refractivity contribution in [2.45, 2.75) is 0 Å². The Balaban J connectivity index is 2.76. The number of hydrogen-bond donors (Lipinski definition) is 2. The van der Waals surface area contributed by atoms with E-state index in [9.17, 15) is 9.59 Å². The summed E-state index contributed by atoms with van der Waals surface area (Å²) in [7, 11) is 0. The van der Waals surface area contributed by atoms with Gasteiger partial charge in [-0.15, -0.1) is 0 Å². The number of fused-ring (bicyclic) bond motifs is 1. The Bertz CT molecular complexity index is 538. The van der Waals surface area contributed by atoms with Crippen molar-refractivity contribution in [3.05, 3.63) is 34.3 Å². The van der Waals surface area contributed by atoms with Gasteiger partial charge in [0.05, 0.1) is 12.1 Å². The zero-order valence-corrected chi connectivity index (χ0v) is 7.24. The van der Waals surface area contributed by atoms with Gasteiger partial charge < -0.3 is 10.2 Å². The first-order valence-electron chi connectivity index (χ1n) is 4.07. The van der Waals surface area contributed by atoms with E-state index in [0.717, 1.165) is 0 Å². The van der Waals surface area contributed by atoms with Gasteiger partial charge in [0.15, 0.2) is 11.4 Å². The van der Waals surface area contributed by atoms with Crippen LogP contribution in [-0.2, 0) is 0 Å². The highest BCUT2D eigenvalue weighted by molar-refractivity contribution is 6.06. The van der Waals surface area contributed by atoms with Gasteiger partial charge in [-0.25, -0.2) is 4.79 Å². The second-order valence-corrected chi connectivity index (χ2v) is 2.82. The number of ketones is 1. The summed E-state index contributed by atoms with van der Waals surface area (Å²) in [6.45, 7) is -0.0909. The molecule has 0 aliphatic carbocycles. The monoisotopic (exact) mass is 192 g/mol. The molecule has 0 radical (unpaired) electrons. The lowest BCUT2D eigenvalue weighted by Gasteiger charge is -1.97. The first-order chi connectivity index (χ1) is 6.72. The van der Waals surface area contributed by atoms with E-state index in [1.165, 1.54) is 0 Å². The van der Waals surface area contributed by atoms with Crippen LogP contribution in [0.5, 0.6) is 0 Å². The van der Waals surface area contributed by atoms with E-state index in [4.69, 9.17) is 10.2 Å². The lowest BCUT2D eigenvalue weighted by molar-refractivity contribution is 0.100. The zero-order chi connectivity index (χ0) is 10.1.